The normalized spacial score (nSPS) is 12.6. The summed E-state index contributed by atoms with van der Waals surface area (Å²) in [4.78, 5) is 1.23. The Hall–Kier alpha value is -1.26. The Kier molecular flexibility index (Phi) is 3.86. The van der Waals surface area contributed by atoms with Crippen LogP contribution in [0.1, 0.15) is 24.2 Å². The van der Waals surface area contributed by atoms with Gasteiger partial charge in [-0.2, -0.15) is 5.10 Å². The van der Waals surface area contributed by atoms with Gasteiger partial charge in [0, 0.05) is 23.7 Å². The lowest BCUT2D eigenvalue weighted by molar-refractivity contribution is 0.220. The molecule has 1 atom stereocenters. The Morgan fingerprint density at radius 3 is 2.53 bits per heavy atom. The first-order valence-electron chi connectivity index (χ1n) is 5.60. The molecule has 1 heterocycles. The summed E-state index contributed by atoms with van der Waals surface area (Å²) >= 11 is 1.80. The molecule has 0 radical (unpaired) electrons. The van der Waals surface area contributed by atoms with Crippen molar-refractivity contribution in [1.82, 2.24) is 9.78 Å². The fourth-order valence-corrected chi connectivity index (χ4v) is 2.35. The third-order valence-electron chi connectivity index (χ3n) is 2.55. The van der Waals surface area contributed by atoms with E-state index in [4.69, 9.17) is 0 Å². The van der Waals surface area contributed by atoms with Crippen molar-refractivity contribution in [3.8, 4) is 0 Å². The molecule has 1 N–H and O–H groups in total. The summed E-state index contributed by atoms with van der Waals surface area (Å²) in [6, 6.07) is 8.03. The largest absolute Gasteiger partial charge is 0.384 e. The highest BCUT2D eigenvalue weighted by atomic mass is 32.2. The number of aryl methyl sites for hydroxylation is 1. The molecule has 0 spiro atoms. The van der Waals surface area contributed by atoms with E-state index >= 15 is 0 Å². The molecule has 2 rings (SSSR count). The lowest BCUT2D eigenvalue weighted by atomic mass is 10.1. The molecule has 0 aliphatic heterocycles. The molecular weight excluding hydrogens is 232 g/mol. The summed E-state index contributed by atoms with van der Waals surface area (Å²) in [5.41, 5.74) is 1.72. The van der Waals surface area contributed by atoms with E-state index < -0.39 is 6.10 Å². The number of thioether (sulfide) groups is 1. The summed E-state index contributed by atoms with van der Waals surface area (Å²) < 4.78 is 1.69. The monoisotopic (exact) mass is 248 g/mol. The van der Waals surface area contributed by atoms with Crippen molar-refractivity contribution in [1.29, 1.82) is 0 Å². The van der Waals surface area contributed by atoms with Gasteiger partial charge in [0.2, 0.25) is 0 Å². The van der Waals surface area contributed by atoms with Gasteiger partial charge in [-0.25, -0.2) is 0 Å². The molecular formula is C13H16N2OS. The highest BCUT2D eigenvalue weighted by Crippen LogP contribution is 2.24. The van der Waals surface area contributed by atoms with E-state index in [2.05, 4.69) is 12.0 Å². The topological polar surface area (TPSA) is 38.1 Å². The molecule has 0 saturated carbocycles. The first kappa shape index (κ1) is 12.2. The molecule has 0 aliphatic carbocycles. The standard InChI is InChI=1S/C13H16N2OS/c1-3-17-12-6-4-10(5-7-12)13(16)11-8-14-15(2)9-11/h4-9,13,16H,3H2,1-2H3. The van der Waals surface area contributed by atoms with Crippen LogP contribution in [0, 0.1) is 0 Å². The molecule has 1 aromatic carbocycles. The van der Waals surface area contributed by atoms with Crippen molar-refractivity contribution in [2.45, 2.75) is 17.9 Å². The van der Waals surface area contributed by atoms with E-state index in [1.165, 1.54) is 4.90 Å². The summed E-state index contributed by atoms with van der Waals surface area (Å²) in [6.07, 6.45) is 2.93. The third-order valence-corrected chi connectivity index (χ3v) is 3.44. The van der Waals surface area contributed by atoms with Gasteiger partial charge >= 0.3 is 0 Å². The Bertz CT molecular complexity index is 478. The molecule has 0 fully saturated rings. The van der Waals surface area contributed by atoms with Gasteiger partial charge in [0.25, 0.3) is 0 Å². The summed E-state index contributed by atoms with van der Waals surface area (Å²) in [6.45, 7) is 2.13. The fourth-order valence-electron chi connectivity index (χ4n) is 1.69. The number of aliphatic hydroxyl groups excluding tert-OH is 1. The Morgan fingerprint density at radius 2 is 2.00 bits per heavy atom. The Morgan fingerprint density at radius 1 is 1.29 bits per heavy atom. The number of hydrogen-bond acceptors (Lipinski definition) is 3. The van der Waals surface area contributed by atoms with Crippen LogP contribution in [0.4, 0.5) is 0 Å². The molecule has 2 aromatic rings. The first-order valence-corrected chi connectivity index (χ1v) is 6.58. The maximum absolute atomic E-state index is 10.2. The summed E-state index contributed by atoms with van der Waals surface area (Å²) in [5.74, 6) is 1.06. The smallest absolute Gasteiger partial charge is 0.107 e. The molecule has 0 bridgehead atoms. The zero-order chi connectivity index (χ0) is 12.3. The van der Waals surface area contributed by atoms with Crippen LogP contribution in [0.15, 0.2) is 41.6 Å². The van der Waals surface area contributed by atoms with Gasteiger partial charge in [-0.3, -0.25) is 4.68 Å². The number of benzene rings is 1. The molecule has 0 saturated heterocycles. The van der Waals surface area contributed by atoms with Crippen LogP contribution in [0.5, 0.6) is 0 Å². The lowest BCUT2D eigenvalue weighted by Gasteiger charge is -2.09. The Labute approximate surface area is 105 Å². The second kappa shape index (κ2) is 5.38. The Balaban J connectivity index is 2.16. The fraction of sp³-hybridized carbons (Fsp3) is 0.308. The average Bonchev–Trinajstić information content (AvgIpc) is 2.76. The first-order chi connectivity index (χ1) is 8.20. The van der Waals surface area contributed by atoms with Crippen molar-refractivity contribution < 1.29 is 5.11 Å². The van der Waals surface area contributed by atoms with Crippen molar-refractivity contribution in [3.05, 3.63) is 47.8 Å². The van der Waals surface area contributed by atoms with E-state index in [9.17, 15) is 5.11 Å². The lowest BCUT2D eigenvalue weighted by Crippen LogP contribution is -1.98. The van der Waals surface area contributed by atoms with Gasteiger partial charge in [0.15, 0.2) is 0 Å². The summed E-state index contributed by atoms with van der Waals surface area (Å²) in [5, 5.41) is 14.2. The predicted octanol–water partition coefficient (Wildman–Crippen LogP) is 2.61. The SMILES string of the molecule is CCSc1ccc(C(O)c2cnn(C)c2)cc1. The minimum Gasteiger partial charge on any atom is -0.384 e. The van der Waals surface area contributed by atoms with Gasteiger partial charge < -0.3 is 5.11 Å². The van der Waals surface area contributed by atoms with Crippen LogP contribution < -0.4 is 0 Å². The number of rotatable bonds is 4. The zero-order valence-corrected chi connectivity index (χ0v) is 10.8. The second-order valence-electron chi connectivity index (χ2n) is 3.85. The summed E-state index contributed by atoms with van der Waals surface area (Å²) in [7, 11) is 1.84. The molecule has 17 heavy (non-hydrogen) atoms. The van der Waals surface area contributed by atoms with Crippen LogP contribution in [0.3, 0.4) is 0 Å². The molecule has 3 nitrogen and oxygen atoms in total. The highest BCUT2D eigenvalue weighted by molar-refractivity contribution is 7.99. The van der Waals surface area contributed by atoms with E-state index in [-0.39, 0.29) is 0 Å². The van der Waals surface area contributed by atoms with Gasteiger partial charge in [-0.1, -0.05) is 19.1 Å². The van der Waals surface area contributed by atoms with Crippen LogP contribution in [-0.2, 0) is 7.05 Å². The second-order valence-corrected chi connectivity index (χ2v) is 5.19. The van der Waals surface area contributed by atoms with Crippen LogP contribution in [-0.4, -0.2) is 20.6 Å². The molecule has 0 aliphatic rings. The molecule has 1 unspecified atom stereocenters. The van der Waals surface area contributed by atoms with Gasteiger partial charge in [-0.05, 0) is 23.4 Å². The highest BCUT2D eigenvalue weighted by Gasteiger charge is 2.11. The average molecular weight is 248 g/mol. The minimum atomic E-state index is -0.593. The maximum atomic E-state index is 10.2. The van der Waals surface area contributed by atoms with Crippen LogP contribution >= 0.6 is 11.8 Å². The van der Waals surface area contributed by atoms with Gasteiger partial charge in [0.1, 0.15) is 6.10 Å². The van der Waals surface area contributed by atoms with Crippen LogP contribution in [0.2, 0.25) is 0 Å². The maximum Gasteiger partial charge on any atom is 0.107 e. The van der Waals surface area contributed by atoms with Gasteiger partial charge in [-0.15, -0.1) is 11.8 Å². The van der Waals surface area contributed by atoms with Crippen molar-refractivity contribution in [3.63, 3.8) is 0 Å². The number of aliphatic hydroxyl groups is 1. The van der Waals surface area contributed by atoms with E-state index in [0.717, 1.165) is 16.9 Å². The van der Waals surface area contributed by atoms with E-state index in [1.54, 1.807) is 22.6 Å². The molecule has 90 valence electrons. The molecule has 0 amide bonds. The quantitative estimate of drug-likeness (QED) is 0.845. The van der Waals surface area contributed by atoms with Crippen molar-refractivity contribution in [2.24, 2.45) is 7.05 Å². The van der Waals surface area contributed by atoms with Crippen molar-refractivity contribution in [2.75, 3.05) is 5.75 Å². The number of hydrogen-bond donors (Lipinski definition) is 1. The molecule has 1 aromatic heterocycles. The third kappa shape index (κ3) is 2.90. The van der Waals surface area contributed by atoms with Gasteiger partial charge in [0.05, 0.1) is 6.20 Å². The number of nitrogens with zero attached hydrogens (tertiary/aromatic N) is 2. The van der Waals surface area contributed by atoms with E-state index in [1.807, 2.05) is 37.5 Å². The van der Waals surface area contributed by atoms with Crippen molar-refractivity contribution >= 4 is 11.8 Å². The van der Waals surface area contributed by atoms with E-state index in [0.29, 0.717) is 0 Å². The zero-order valence-electron chi connectivity index (χ0n) is 10.00. The van der Waals surface area contributed by atoms with Crippen LogP contribution in [0.25, 0.3) is 0 Å². The minimum absolute atomic E-state index is 0.593. The molecule has 4 heteroatoms. The predicted molar refractivity (Wildman–Crippen MR) is 70.1 cm³/mol. The number of aromatic nitrogens is 2.